The minimum atomic E-state index is 0.304. The third kappa shape index (κ3) is 3.64. The van der Waals surface area contributed by atoms with Crippen molar-refractivity contribution < 1.29 is 0 Å². The van der Waals surface area contributed by atoms with Gasteiger partial charge in [0.2, 0.25) is 0 Å². The van der Waals surface area contributed by atoms with E-state index in [1.54, 1.807) is 0 Å². The van der Waals surface area contributed by atoms with Gasteiger partial charge in [-0.25, -0.2) is 0 Å². The van der Waals surface area contributed by atoms with Gasteiger partial charge in [-0.15, -0.1) is 0 Å². The molecule has 0 bridgehead atoms. The van der Waals surface area contributed by atoms with Gasteiger partial charge >= 0.3 is 0 Å². The summed E-state index contributed by atoms with van der Waals surface area (Å²) < 4.78 is 1.85. The molecule has 1 atom stereocenters. The van der Waals surface area contributed by atoms with Crippen LogP contribution in [0.3, 0.4) is 0 Å². The van der Waals surface area contributed by atoms with Crippen LogP contribution in [0, 0.1) is 6.92 Å². The van der Waals surface area contributed by atoms with Crippen LogP contribution in [0.4, 0.5) is 0 Å². The van der Waals surface area contributed by atoms with Crippen molar-refractivity contribution in [3.8, 4) is 0 Å². The lowest BCUT2D eigenvalue weighted by Crippen LogP contribution is -2.25. The highest BCUT2D eigenvalue weighted by Gasteiger charge is 2.15. The van der Waals surface area contributed by atoms with E-state index in [2.05, 4.69) is 41.4 Å². The van der Waals surface area contributed by atoms with Gasteiger partial charge in [0.25, 0.3) is 0 Å². The van der Waals surface area contributed by atoms with Crippen molar-refractivity contribution in [1.82, 2.24) is 20.1 Å². The van der Waals surface area contributed by atoms with Gasteiger partial charge in [0.05, 0.1) is 5.69 Å². The number of nitrogens with zero attached hydrogens (tertiary/aromatic N) is 3. The molecule has 2 rings (SSSR count). The third-order valence-corrected chi connectivity index (χ3v) is 3.26. The fraction of sp³-hybridized carbons (Fsp3) is 0.467. The summed E-state index contributed by atoms with van der Waals surface area (Å²) in [5.74, 6) is 0. The lowest BCUT2D eigenvalue weighted by atomic mass is 9.99. The molecule has 1 unspecified atom stereocenters. The summed E-state index contributed by atoms with van der Waals surface area (Å²) in [5, 5.41) is 8.08. The van der Waals surface area contributed by atoms with E-state index in [9.17, 15) is 0 Å². The van der Waals surface area contributed by atoms with E-state index in [1.807, 2.05) is 30.3 Å². The summed E-state index contributed by atoms with van der Waals surface area (Å²) >= 11 is 0. The van der Waals surface area contributed by atoms with Crippen molar-refractivity contribution in [2.75, 3.05) is 6.54 Å². The second-order valence-electron chi connectivity index (χ2n) is 4.92. The van der Waals surface area contributed by atoms with Crippen LogP contribution in [-0.4, -0.2) is 21.3 Å². The van der Waals surface area contributed by atoms with Crippen LogP contribution in [0.5, 0.6) is 0 Å². The van der Waals surface area contributed by atoms with Gasteiger partial charge in [-0.05, 0) is 43.1 Å². The van der Waals surface area contributed by atoms with E-state index >= 15 is 0 Å². The second-order valence-corrected chi connectivity index (χ2v) is 4.92. The molecule has 0 saturated carbocycles. The molecular weight excluding hydrogens is 236 g/mol. The van der Waals surface area contributed by atoms with Crippen molar-refractivity contribution in [2.45, 2.75) is 32.7 Å². The highest BCUT2D eigenvalue weighted by molar-refractivity contribution is 5.26. The molecule has 2 heterocycles. The van der Waals surface area contributed by atoms with Gasteiger partial charge in [-0.2, -0.15) is 5.10 Å². The van der Waals surface area contributed by atoms with Gasteiger partial charge < -0.3 is 5.32 Å². The maximum atomic E-state index is 4.47. The van der Waals surface area contributed by atoms with Crippen LogP contribution in [0.2, 0.25) is 0 Å². The number of nitrogens with one attached hydrogen (secondary N) is 1. The van der Waals surface area contributed by atoms with E-state index in [0.29, 0.717) is 6.04 Å². The van der Waals surface area contributed by atoms with E-state index in [1.165, 1.54) is 11.1 Å². The average Bonchev–Trinajstić information content (AvgIpc) is 2.81. The Kier molecular flexibility index (Phi) is 4.68. The van der Waals surface area contributed by atoms with Gasteiger partial charge in [-0.3, -0.25) is 9.67 Å². The lowest BCUT2D eigenvalue weighted by Gasteiger charge is -2.19. The van der Waals surface area contributed by atoms with E-state index in [0.717, 1.165) is 25.1 Å². The van der Waals surface area contributed by atoms with Crippen molar-refractivity contribution in [1.29, 1.82) is 0 Å². The summed E-state index contributed by atoms with van der Waals surface area (Å²) in [4.78, 5) is 4.17. The molecule has 4 nitrogen and oxygen atoms in total. The van der Waals surface area contributed by atoms with E-state index in [-0.39, 0.29) is 0 Å². The van der Waals surface area contributed by atoms with Crippen LogP contribution in [0.25, 0.3) is 0 Å². The fourth-order valence-electron chi connectivity index (χ4n) is 2.27. The summed E-state index contributed by atoms with van der Waals surface area (Å²) in [6, 6.07) is 4.49. The zero-order valence-corrected chi connectivity index (χ0v) is 11.9. The number of hydrogen-bond donors (Lipinski definition) is 1. The van der Waals surface area contributed by atoms with E-state index < -0.39 is 0 Å². The van der Waals surface area contributed by atoms with Crippen LogP contribution in [0.1, 0.15) is 36.2 Å². The first-order valence-corrected chi connectivity index (χ1v) is 6.83. The summed E-state index contributed by atoms with van der Waals surface area (Å²) in [5.41, 5.74) is 3.66. The molecular formula is C15H22N4. The third-order valence-electron chi connectivity index (χ3n) is 3.26. The topological polar surface area (TPSA) is 42.7 Å². The Labute approximate surface area is 114 Å². The highest BCUT2D eigenvalue weighted by atomic mass is 15.2. The smallest absolute Gasteiger partial charge is 0.0643 e. The number of pyridine rings is 1. The van der Waals surface area contributed by atoms with Crippen molar-refractivity contribution in [3.05, 3.63) is 47.5 Å². The Morgan fingerprint density at radius 1 is 1.37 bits per heavy atom. The molecule has 4 heteroatoms. The number of aryl methyl sites for hydroxylation is 2. The summed E-state index contributed by atoms with van der Waals surface area (Å²) in [6.07, 6.45) is 7.82. The van der Waals surface area contributed by atoms with Crippen molar-refractivity contribution >= 4 is 0 Å². The molecule has 102 valence electrons. The first-order valence-electron chi connectivity index (χ1n) is 6.83. The minimum absolute atomic E-state index is 0.304. The van der Waals surface area contributed by atoms with Crippen molar-refractivity contribution in [3.63, 3.8) is 0 Å². The normalized spacial score (nSPS) is 12.6. The highest BCUT2D eigenvalue weighted by Crippen LogP contribution is 2.20. The van der Waals surface area contributed by atoms with Gasteiger partial charge in [0.15, 0.2) is 0 Å². The summed E-state index contributed by atoms with van der Waals surface area (Å²) in [7, 11) is 1.95. The van der Waals surface area contributed by atoms with Crippen LogP contribution < -0.4 is 5.32 Å². The molecule has 0 aliphatic carbocycles. The van der Waals surface area contributed by atoms with Crippen LogP contribution >= 0.6 is 0 Å². The molecule has 2 aromatic rings. The maximum Gasteiger partial charge on any atom is 0.0643 e. The molecule has 0 spiro atoms. The Hall–Kier alpha value is -1.68. The van der Waals surface area contributed by atoms with Gasteiger partial charge in [0, 0.05) is 38.1 Å². The minimum Gasteiger partial charge on any atom is -0.310 e. The fourth-order valence-corrected chi connectivity index (χ4v) is 2.27. The zero-order valence-electron chi connectivity index (χ0n) is 11.9. The molecule has 2 aromatic heterocycles. The molecule has 0 saturated heterocycles. The quantitative estimate of drug-likeness (QED) is 0.865. The van der Waals surface area contributed by atoms with E-state index in [4.69, 9.17) is 0 Å². The van der Waals surface area contributed by atoms with Gasteiger partial charge in [-0.1, -0.05) is 6.92 Å². The lowest BCUT2D eigenvalue weighted by molar-refractivity contribution is 0.518. The van der Waals surface area contributed by atoms with Crippen LogP contribution in [0.15, 0.2) is 30.7 Å². The Morgan fingerprint density at radius 3 is 2.84 bits per heavy atom. The molecule has 0 aromatic carbocycles. The number of rotatable bonds is 6. The standard InChI is InChI=1S/C15H22N4/c1-4-7-17-15(10-13-6-9-19(3)18-13)14-5-8-16-11-12(14)2/h5-6,8-9,11,15,17H,4,7,10H2,1-3H3. The largest absolute Gasteiger partial charge is 0.310 e. The van der Waals surface area contributed by atoms with Gasteiger partial charge in [0.1, 0.15) is 0 Å². The molecule has 0 radical (unpaired) electrons. The first-order chi connectivity index (χ1) is 9.20. The molecule has 0 fully saturated rings. The SMILES string of the molecule is CCCNC(Cc1ccn(C)n1)c1ccncc1C. The molecule has 19 heavy (non-hydrogen) atoms. The predicted molar refractivity (Wildman–Crippen MR) is 76.9 cm³/mol. The molecule has 0 aliphatic rings. The molecule has 0 aliphatic heterocycles. The predicted octanol–water partition coefficient (Wildman–Crippen LogP) is 2.41. The monoisotopic (exact) mass is 258 g/mol. The summed E-state index contributed by atoms with van der Waals surface area (Å²) in [6.45, 7) is 5.31. The van der Waals surface area contributed by atoms with Crippen molar-refractivity contribution in [2.24, 2.45) is 7.05 Å². The molecule has 0 amide bonds. The molecule has 1 N–H and O–H groups in total. The Morgan fingerprint density at radius 2 is 2.21 bits per heavy atom. The Balaban J connectivity index is 2.18. The average molecular weight is 258 g/mol. The number of hydrogen-bond acceptors (Lipinski definition) is 3. The second kappa shape index (κ2) is 6.48. The Bertz CT molecular complexity index is 518. The maximum absolute atomic E-state index is 4.47. The number of aromatic nitrogens is 3. The zero-order chi connectivity index (χ0) is 13.7. The van der Waals surface area contributed by atoms with Crippen LogP contribution in [-0.2, 0) is 13.5 Å². The first kappa shape index (κ1) is 13.7.